The molecular weight excluding hydrogens is 240 g/mol. The molecule has 1 rings (SSSR count). The van der Waals surface area contributed by atoms with Crippen molar-refractivity contribution in [3.8, 4) is 5.75 Å². The van der Waals surface area contributed by atoms with Gasteiger partial charge < -0.3 is 4.74 Å². The molecule has 0 saturated carbocycles. The summed E-state index contributed by atoms with van der Waals surface area (Å²) in [5.74, 6) is 0.393. The number of hydrogen-bond donors (Lipinski definition) is 1. The summed E-state index contributed by atoms with van der Waals surface area (Å²) < 4.78 is 5.08. The minimum Gasteiger partial charge on any atom is -0.496 e. The van der Waals surface area contributed by atoms with Crippen molar-refractivity contribution in [1.82, 2.24) is 5.43 Å². The molecule has 0 spiro atoms. The van der Waals surface area contributed by atoms with Crippen molar-refractivity contribution in [2.45, 2.75) is 13.8 Å². The number of nitrogens with zero attached hydrogens (tertiary/aromatic N) is 1. The van der Waals surface area contributed by atoms with Crippen LogP contribution in [0.2, 0.25) is 5.02 Å². The number of benzene rings is 1. The van der Waals surface area contributed by atoms with E-state index in [4.69, 9.17) is 16.3 Å². The summed E-state index contributed by atoms with van der Waals surface area (Å²) in [7, 11) is 1.50. The van der Waals surface area contributed by atoms with E-state index < -0.39 is 0 Å². The van der Waals surface area contributed by atoms with Gasteiger partial charge in [0.25, 0.3) is 5.91 Å². The number of ether oxygens (including phenoxy) is 1. The van der Waals surface area contributed by atoms with Crippen molar-refractivity contribution in [1.29, 1.82) is 0 Å². The van der Waals surface area contributed by atoms with Gasteiger partial charge in [-0.15, -0.1) is 0 Å². The highest BCUT2D eigenvalue weighted by Gasteiger charge is 2.11. The van der Waals surface area contributed by atoms with E-state index in [0.717, 1.165) is 0 Å². The lowest BCUT2D eigenvalue weighted by Crippen LogP contribution is -2.18. The molecular formula is C12H15ClN2O2. The number of hydrazone groups is 1. The van der Waals surface area contributed by atoms with Gasteiger partial charge in [0.1, 0.15) is 5.75 Å². The highest BCUT2D eigenvalue weighted by atomic mass is 35.5. The Bertz CT molecular complexity index is 431. The van der Waals surface area contributed by atoms with Crippen LogP contribution in [0.1, 0.15) is 24.2 Å². The zero-order chi connectivity index (χ0) is 12.8. The van der Waals surface area contributed by atoms with Gasteiger partial charge in [-0.05, 0) is 24.1 Å². The third-order valence-electron chi connectivity index (χ3n) is 1.94. The summed E-state index contributed by atoms with van der Waals surface area (Å²) in [5, 5.41) is 4.30. The van der Waals surface area contributed by atoms with E-state index in [-0.39, 0.29) is 11.8 Å². The first kappa shape index (κ1) is 13.5. The summed E-state index contributed by atoms with van der Waals surface area (Å²) in [4.78, 5) is 11.8. The molecule has 92 valence electrons. The first-order valence-electron chi connectivity index (χ1n) is 5.21. The van der Waals surface area contributed by atoms with Gasteiger partial charge in [-0.1, -0.05) is 25.4 Å². The molecule has 0 unspecified atom stereocenters. The van der Waals surface area contributed by atoms with E-state index in [9.17, 15) is 4.79 Å². The van der Waals surface area contributed by atoms with Gasteiger partial charge in [0.2, 0.25) is 0 Å². The zero-order valence-corrected chi connectivity index (χ0v) is 10.8. The van der Waals surface area contributed by atoms with E-state index >= 15 is 0 Å². The van der Waals surface area contributed by atoms with Crippen LogP contribution < -0.4 is 10.2 Å². The molecule has 5 heteroatoms. The van der Waals surface area contributed by atoms with Crippen LogP contribution >= 0.6 is 11.6 Å². The maximum absolute atomic E-state index is 11.8. The molecule has 1 aromatic rings. The van der Waals surface area contributed by atoms with Crippen molar-refractivity contribution in [3.63, 3.8) is 0 Å². The lowest BCUT2D eigenvalue weighted by Gasteiger charge is -2.07. The van der Waals surface area contributed by atoms with Gasteiger partial charge in [-0.2, -0.15) is 5.10 Å². The number of halogens is 1. The Morgan fingerprint density at radius 2 is 2.24 bits per heavy atom. The normalized spacial score (nSPS) is 10.9. The summed E-state index contributed by atoms with van der Waals surface area (Å²) in [6.45, 7) is 3.94. The van der Waals surface area contributed by atoms with Gasteiger partial charge >= 0.3 is 0 Å². The molecule has 0 heterocycles. The third-order valence-corrected chi connectivity index (χ3v) is 2.18. The first-order chi connectivity index (χ1) is 8.04. The molecule has 0 saturated heterocycles. The molecule has 0 bridgehead atoms. The zero-order valence-electron chi connectivity index (χ0n) is 10.0. The van der Waals surface area contributed by atoms with E-state index in [2.05, 4.69) is 10.5 Å². The van der Waals surface area contributed by atoms with E-state index in [1.807, 2.05) is 13.8 Å². The van der Waals surface area contributed by atoms with Crippen molar-refractivity contribution >= 4 is 23.7 Å². The molecule has 0 aliphatic carbocycles. The fraction of sp³-hybridized carbons (Fsp3) is 0.333. The maximum atomic E-state index is 11.8. The second-order valence-electron chi connectivity index (χ2n) is 3.81. The number of methoxy groups -OCH3 is 1. The van der Waals surface area contributed by atoms with E-state index in [0.29, 0.717) is 16.3 Å². The Balaban J connectivity index is 2.84. The Kier molecular flexibility index (Phi) is 4.97. The maximum Gasteiger partial charge on any atom is 0.275 e. The fourth-order valence-corrected chi connectivity index (χ4v) is 1.33. The molecule has 17 heavy (non-hydrogen) atoms. The van der Waals surface area contributed by atoms with Gasteiger partial charge in [0.15, 0.2) is 0 Å². The average molecular weight is 255 g/mol. The summed E-state index contributed by atoms with van der Waals surface area (Å²) >= 11 is 5.83. The molecule has 1 amide bonds. The topological polar surface area (TPSA) is 50.7 Å². The average Bonchev–Trinajstić information content (AvgIpc) is 2.28. The van der Waals surface area contributed by atoms with Crippen LogP contribution in [0.3, 0.4) is 0 Å². The predicted octanol–water partition coefficient (Wildman–Crippen LogP) is 2.72. The second kappa shape index (κ2) is 6.25. The first-order valence-corrected chi connectivity index (χ1v) is 5.59. The van der Waals surface area contributed by atoms with Crippen LogP contribution in [0, 0.1) is 5.92 Å². The van der Waals surface area contributed by atoms with Crippen molar-refractivity contribution in [3.05, 3.63) is 28.8 Å². The minimum absolute atomic E-state index is 0.275. The van der Waals surface area contributed by atoms with E-state index in [1.54, 1.807) is 24.4 Å². The van der Waals surface area contributed by atoms with Gasteiger partial charge in [-0.3, -0.25) is 4.79 Å². The Morgan fingerprint density at radius 1 is 1.53 bits per heavy atom. The lowest BCUT2D eigenvalue weighted by molar-refractivity contribution is 0.0952. The predicted molar refractivity (Wildman–Crippen MR) is 68.8 cm³/mol. The molecule has 1 aromatic carbocycles. The summed E-state index contributed by atoms with van der Waals surface area (Å²) in [5.41, 5.74) is 2.79. The van der Waals surface area contributed by atoms with Gasteiger partial charge in [0.05, 0.1) is 12.7 Å². The Labute approximate surface area is 106 Å². The number of carbonyl (C=O) groups is 1. The molecule has 0 aliphatic heterocycles. The second-order valence-corrected chi connectivity index (χ2v) is 4.24. The monoisotopic (exact) mass is 254 g/mol. The van der Waals surface area contributed by atoms with Crippen LogP contribution in [0.5, 0.6) is 5.75 Å². The van der Waals surface area contributed by atoms with Crippen LogP contribution in [0.25, 0.3) is 0 Å². The quantitative estimate of drug-likeness (QED) is 0.663. The van der Waals surface area contributed by atoms with Crippen LogP contribution in [0.15, 0.2) is 23.3 Å². The van der Waals surface area contributed by atoms with Crippen LogP contribution in [-0.4, -0.2) is 19.2 Å². The van der Waals surface area contributed by atoms with Crippen molar-refractivity contribution in [2.24, 2.45) is 11.0 Å². The Morgan fingerprint density at radius 3 is 2.82 bits per heavy atom. The largest absolute Gasteiger partial charge is 0.496 e. The highest BCUT2D eigenvalue weighted by Crippen LogP contribution is 2.22. The van der Waals surface area contributed by atoms with E-state index in [1.165, 1.54) is 7.11 Å². The number of nitrogens with one attached hydrogen (secondary N) is 1. The minimum atomic E-state index is -0.346. The molecule has 0 fully saturated rings. The van der Waals surface area contributed by atoms with Crippen molar-refractivity contribution < 1.29 is 9.53 Å². The Hall–Kier alpha value is -1.55. The third kappa shape index (κ3) is 4.07. The SMILES string of the molecule is COc1ccc(Cl)cc1C(=O)N/N=C/C(C)C. The number of carbonyl (C=O) groups excluding carboxylic acids is 1. The number of rotatable bonds is 4. The lowest BCUT2D eigenvalue weighted by atomic mass is 10.2. The summed E-state index contributed by atoms with van der Waals surface area (Å²) in [6, 6.07) is 4.85. The standard InChI is InChI=1S/C12H15ClN2O2/c1-8(2)7-14-15-12(16)10-6-9(13)4-5-11(10)17-3/h4-8H,1-3H3,(H,15,16)/b14-7+. The molecule has 0 aromatic heterocycles. The molecule has 0 aliphatic rings. The molecule has 4 nitrogen and oxygen atoms in total. The molecule has 0 atom stereocenters. The highest BCUT2D eigenvalue weighted by molar-refractivity contribution is 6.31. The number of hydrogen-bond acceptors (Lipinski definition) is 3. The van der Waals surface area contributed by atoms with Crippen molar-refractivity contribution in [2.75, 3.05) is 7.11 Å². The molecule has 1 N–H and O–H groups in total. The van der Waals surface area contributed by atoms with Gasteiger partial charge in [-0.25, -0.2) is 5.43 Å². The van der Waals surface area contributed by atoms with Gasteiger partial charge in [0, 0.05) is 11.2 Å². The van der Waals surface area contributed by atoms with Crippen LogP contribution in [-0.2, 0) is 0 Å². The summed E-state index contributed by atoms with van der Waals surface area (Å²) in [6.07, 6.45) is 1.65. The fourth-order valence-electron chi connectivity index (χ4n) is 1.16. The smallest absolute Gasteiger partial charge is 0.275 e. The molecule has 0 radical (unpaired) electrons. The van der Waals surface area contributed by atoms with Crippen LogP contribution in [0.4, 0.5) is 0 Å². The number of amides is 1.